The summed E-state index contributed by atoms with van der Waals surface area (Å²) in [5.74, 6) is 2.67. The molecule has 2 heterocycles. The summed E-state index contributed by atoms with van der Waals surface area (Å²) >= 11 is 0. The Morgan fingerprint density at radius 1 is 1.42 bits per heavy atom. The zero-order valence-electron chi connectivity index (χ0n) is 10.9. The highest BCUT2D eigenvalue weighted by Crippen LogP contribution is 2.30. The molecule has 0 aliphatic carbocycles. The van der Waals surface area contributed by atoms with Crippen LogP contribution in [-0.4, -0.2) is 33.6 Å². The molecule has 0 saturated heterocycles. The van der Waals surface area contributed by atoms with Crippen LogP contribution in [0.4, 0.5) is 0 Å². The van der Waals surface area contributed by atoms with Gasteiger partial charge in [-0.15, -0.1) is 10.2 Å². The van der Waals surface area contributed by atoms with Gasteiger partial charge >= 0.3 is 0 Å². The first-order chi connectivity index (χ1) is 9.33. The summed E-state index contributed by atoms with van der Waals surface area (Å²) in [6.45, 7) is 1.04. The molecule has 0 fully saturated rings. The van der Waals surface area contributed by atoms with E-state index in [-0.39, 0.29) is 12.5 Å². The van der Waals surface area contributed by atoms with Crippen molar-refractivity contribution < 1.29 is 9.84 Å². The molecule has 1 atom stereocenters. The Labute approximate surface area is 111 Å². The number of aromatic nitrogens is 3. The summed E-state index contributed by atoms with van der Waals surface area (Å²) in [5.41, 5.74) is 0.997. The van der Waals surface area contributed by atoms with Crippen LogP contribution in [0, 0.1) is 0 Å². The SMILES string of the molecule is COc1cccc(-c2nnc3n2CCCC3CO)c1. The highest BCUT2D eigenvalue weighted by Gasteiger charge is 2.25. The lowest BCUT2D eigenvalue weighted by Gasteiger charge is -2.21. The van der Waals surface area contributed by atoms with Gasteiger partial charge in [0.15, 0.2) is 5.82 Å². The lowest BCUT2D eigenvalue weighted by Crippen LogP contribution is -2.19. The molecule has 1 N–H and O–H groups in total. The fourth-order valence-corrected chi connectivity index (χ4v) is 2.61. The molecule has 0 spiro atoms. The van der Waals surface area contributed by atoms with Crippen LogP contribution in [0.1, 0.15) is 24.6 Å². The first-order valence-corrected chi connectivity index (χ1v) is 6.52. The largest absolute Gasteiger partial charge is 0.497 e. The minimum absolute atomic E-state index is 0.112. The van der Waals surface area contributed by atoms with E-state index in [1.54, 1.807) is 7.11 Å². The fraction of sp³-hybridized carbons (Fsp3) is 0.429. The Morgan fingerprint density at radius 3 is 3.11 bits per heavy atom. The summed E-state index contributed by atoms with van der Waals surface area (Å²) in [6, 6.07) is 7.82. The van der Waals surface area contributed by atoms with Crippen LogP contribution in [0.15, 0.2) is 24.3 Å². The lowest BCUT2D eigenvalue weighted by molar-refractivity contribution is 0.238. The van der Waals surface area contributed by atoms with E-state index in [1.807, 2.05) is 24.3 Å². The Bertz CT molecular complexity index is 580. The monoisotopic (exact) mass is 259 g/mol. The number of rotatable bonds is 3. The summed E-state index contributed by atoms with van der Waals surface area (Å²) in [7, 11) is 1.65. The molecule has 1 aromatic carbocycles. The van der Waals surface area contributed by atoms with Crippen LogP contribution >= 0.6 is 0 Å². The molecule has 5 nitrogen and oxygen atoms in total. The van der Waals surface area contributed by atoms with Gasteiger partial charge < -0.3 is 14.4 Å². The molecule has 2 aromatic rings. The van der Waals surface area contributed by atoms with Crippen LogP contribution in [0.25, 0.3) is 11.4 Å². The quantitative estimate of drug-likeness (QED) is 0.913. The number of nitrogens with zero attached hydrogens (tertiary/aromatic N) is 3. The number of benzene rings is 1. The van der Waals surface area contributed by atoms with Crippen LogP contribution in [0.2, 0.25) is 0 Å². The first-order valence-electron chi connectivity index (χ1n) is 6.52. The minimum atomic E-state index is 0.112. The third-order valence-corrected chi connectivity index (χ3v) is 3.63. The van der Waals surface area contributed by atoms with Crippen LogP contribution in [0.5, 0.6) is 5.75 Å². The molecule has 5 heteroatoms. The Kier molecular flexibility index (Phi) is 3.21. The molecule has 1 unspecified atom stereocenters. The third kappa shape index (κ3) is 2.10. The zero-order valence-corrected chi connectivity index (χ0v) is 10.9. The number of aliphatic hydroxyl groups excluding tert-OH is 1. The standard InChI is InChI=1S/C14H17N3O2/c1-19-12-6-2-4-10(8-12)13-15-16-14-11(9-18)5-3-7-17(13)14/h2,4,6,8,11,18H,3,5,7,9H2,1H3. The molecule has 100 valence electrons. The van der Waals surface area contributed by atoms with Gasteiger partial charge in [0.1, 0.15) is 11.6 Å². The number of hydrogen-bond acceptors (Lipinski definition) is 4. The van der Waals surface area contributed by atoms with Crippen molar-refractivity contribution in [2.45, 2.75) is 25.3 Å². The van der Waals surface area contributed by atoms with E-state index >= 15 is 0 Å². The predicted octanol–water partition coefficient (Wildman–Crippen LogP) is 1.82. The maximum atomic E-state index is 9.40. The molecular formula is C14H17N3O2. The van der Waals surface area contributed by atoms with Crippen molar-refractivity contribution in [3.8, 4) is 17.1 Å². The molecule has 3 rings (SSSR count). The van der Waals surface area contributed by atoms with Gasteiger partial charge in [-0.25, -0.2) is 0 Å². The molecular weight excluding hydrogens is 242 g/mol. The van der Waals surface area contributed by atoms with Crippen LogP contribution in [-0.2, 0) is 6.54 Å². The average Bonchev–Trinajstić information content (AvgIpc) is 2.91. The van der Waals surface area contributed by atoms with Gasteiger partial charge in [-0.2, -0.15) is 0 Å². The number of aliphatic hydroxyl groups is 1. The Hall–Kier alpha value is -1.88. The van der Waals surface area contributed by atoms with E-state index in [2.05, 4.69) is 14.8 Å². The van der Waals surface area contributed by atoms with Crippen molar-refractivity contribution in [2.24, 2.45) is 0 Å². The van der Waals surface area contributed by atoms with Gasteiger partial charge in [0.25, 0.3) is 0 Å². The van der Waals surface area contributed by atoms with Crippen molar-refractivity contribution in [1.29, 1.82) is 0 Å². The van der Waals surface area contributed by atoms with Crippen molar-refractivity contribution in [3.05, 3.63) is 30.1 Å². The summed E-state index contributed by atoms with van der Waals surface area (Å²) in [4.78, 5) is 0. The molecule has 19 heavy (non-hydrogen) atoms. The van der Waals surface area contributed by atoms with Crippen molar-refractivity contribution in [3.63, 3.8) is 0 Å². The fourth-order valence-electron chi connectivity index (χ4n) is 2.61. The molecule has 1 aromatic heterocycles. The van der Waals surface area contributed by atoms with Crippen molar-refractivity contribution in [2.75, 3.05) is 13.7 Å². The van der Waals surface area contributed by atoms with E-state index in [1.165, 1.54) is 0 Å². The molecule has 0 radical (unpaired) electrons. The molecule has 0 saturated carbocycles. The first kappa shape index (κ1) is 12.2. The van der Waals surface area contributed by atoms with Gasteiger partial charge in [0.2, 0.25) is 0 Å². The average molecular weight is 259 g/mol. The lowest BCUT2D eigenvalue weighted by atomic mass is 10.00. The molecule has 0 amide bonds. The smallest absolute Gasteiger partial charge is 0.164 e. The van der Waals surface area contributed by atoms with Crippen LogP contribution < -0.4 is 4.74 Å². The summed E-state index contributed by atoms with van der Waals surface area (Å²) in [6.07, 6.45) is 2.03. The van der Waals surface area contributed by atoms with E-state index in [0.717, 1.165) is 42.3 Å². The van der Waals surface area contributed by atoms with Gasteiger partial charge in [0, 0.05) is 18.0 Å². The second-order valence-corrected chi connectivity index (χ2v) is 4.79. The highest BCUT2D eigenvalue weighted by molar-refractivity contribution is 5.58. The number of fused-ring (bicyclic) bond motifs is 1. The second-order valence-electron chi connectivity index (χ2n) is 4.79. The molecule has 1 aliphatic heterocycles. The van der Waals surface area contributed by atoms with Crippen molar-refractivity contribution in [1.82, 2.24) is 14.8 Å². The minimum Gasteiger partial charge on any atom is -0.497 e. The van der Waals surface area contributed by atoms with E-state index in [9.17, 15) is 5.11 Å². The highest BCUT2D eigenvalue weighted by atomic mass is 16.5. The maximum absolute atomic E-state index is 9.40. The number of methoxy groups -OCH3 is 1. The van der Waals surface area contributed by atoms with E-state index in [0.29, 0.717) is 0 Å². The van der Waals surface area contributed by atoms with Gasteiger partial charge in [0.05, 0.1) is 13.7 Å². The Morgan fingerprint density at radius 2 is 2.32 bits per heavy atom. The topological polar surface area (TPSA) is 60.2 Å². The normalized spacial score (nSPS) is 18.1. The Balaban J connectivity index is 2.04. The molecule has 0 bridgehead atoms. The zero-order chi connectivity index (χ0) is 13.2. The van der Waals surface area contributed by atoms with E-state index < -0.39 is 0 Å². The second kappa shape index (κ2) is 5.01. The van der Waals surface area contributed by atoms with Gasteiger partial charge in [-0.05, 0) is 25.0 Å². The van der Waals surface area contributed by atoms with Gasteiger partial charge in [-0.3, -0.25) is 0 Å². The van der Waals surface area contributed by atoms with E-state index in [4.69, 9.17) is 4.74 Å². The van der Waals surface area contributed by atoms with Gasteiger partial charge in [-0.1, -0.05) is 12.1 Å². The van der Waals surface area contributed by atoms with Crippen molar-refractivity contribution >= 4 is 0 Å². The third-order valence-electron chi connectivity index (χ3n) is 3.63. The maximum Gasteiger partial charge on any atom is 0.164 e. The van der Waals surface area contributed by atoms with Crippen LogP contribution in [0.3, 0.4) is 0 Å². The number of hydrogen-bond donors (Lipinski definition) is 1. The summed E-state index contributed by atoms with van der Waals surface area (Å²) in [5, 5.41) is 17.9. The molecule has 1 aliphatic rings. The predicted molar refractivity (Wildman–Crippen MR) is 71.1 cm³/mol. The summed E-state index contributed by atoms with van der Waals surface area (Å²) < 4.78 is 7.35. The number of ether oxygens (including phenoxy) is 1.